The topological polar surface area (TPSA) is 83.6 Å². The van der Waals surface area contributed by atoms with Gasteiger partial charge in [-0.05, 0) is 19.3 Å². The first-order valence-electron chi connectivity index (χ1n) is 6.20. The molecule has 0 bridgehead atoms. The van der Waals surface area contributed by atoms with Crippen molar-refractivity contribution in [3.8, 4) is 0 Å². The number of hydrogen-bond acceptors (Lipinski definition) is 5. The van der Waals surface area contributed by atoms with Crippen LogP contribution in [-0.4, -0.2) is 64.1 Å². The van der Waals surface area contributed by atoms with Crippen LogP contribution in [0.4, 0.5) is 0 Å². The Bertz CT molecular complexity index is 496. The van der Waals surface area contributed by atoms with Gasteiger partial charge in [-0.25, -0.2) is 21.1 Å². The van der Waals surface area contributed by atoms with Crippen molar-refractivity contribution in [3.63, 3.8) is 0 Å². The molecule has 0 aromatic carbocycles. The largest absolute Gasteiger partial charge is 0.313 e. The van der Waals surface area contributed by atoms with Gasteiger partial charge >= 0.3 is 0 Å². The van der Waals surface area contributed by atoms with Crippen LogP contribution in [0, 0.1) is 0 Å². The van der Waals surface area contributed by atoms with Crippen molar-refractivity contribution >= 4 is 19.9 Å². The summed E-state index contributed by atoms with van der Waals surface area (Å²) in [4.78, 5) is 0. The molecule has 1 unspecified atom stereocenters. The fourth-order valence-corrected chi connectivity index (χ4v) is 5.28. The highest BCUT2D eigenvalue weighted by molar-refractivity contribution is 7.92. The maximum atomic E-state index is 12.0. The molecule has 1 aliphatic carbocycles. The van der Waals surface area contributed by atoms with Gasteiger partial charge in [0.05, 0.1) is 17.3 Å². The second-order valence-corrected chi connectivity index (χ2v) is 9.49. The highest BCUT2D eigenvalue weighted by atomic mass is 32.2. The summed E-state index contributed by atoms with van der Waals surface area (Å²) in [6, 6.07) is 0.0956. The molecule has 2 rings (SSSR count). The Labute approximate surface area is 109 Å². The molecule has 2 fully saturated rings. The average Bonchev–Trinajstić information content (AvgIpc) is 3.00. The number of nitrogens with one attached hydrogen (secondary N) is 1. The molecule has 6 nitrogen and oxygen atoms in total. The van der Waals surface area contributed by atoms with Gasteiger partial charge in [0.15, 0.2) is 9.84 Å². The number of hydrogen-bond donors (Lipinski definition) is 1. The molecule has 1 heterocycles. The second-order valence-electron chi connectivity index (χ2n) is 5.12. The van der Waals surface area contributed by atoms with E-state index in [1.54, 1.807) is 0 Å². The lowest BCUT2D eigenvalue weighted by atomic mass is 10.3. The highest BCUT2D eigenvalue weighted by Crippen LogP contribution is 2.20. The smallest absolute Gasteiger partial charge is 0.215 e. The van der Waals surface area contributed by atoms with Crippen molar-refractivity contribution in [1.29, 1.82) is 0 Å². The molecular weight excluding hydrogens is 276 g/mol. The minimum atomic E-state index is -3.36. The molecule has 0 aromatic heterocycles. The summed E-state index contributed by atoms with van der Waals surface area (Å²) in [6.45, 7) is 0.441. The monoisotopic (exact) mass is 296 g/mol. The molecule has 1 saturated carbocycles. The average molecular weight is 296 g/mol. The standard InChI is InChI=1S/C10H20N2O4S2/c1-12(10-4-6-17(13,14)8-10)18(15,16)7-5-11-9-2-3-9/h9-11H,2-8H2,1H3. The van der Waals surface area contributed by atoms with Crippen LogP contribution in [0.25, 0.3) is 0 Å². The SMILES string of the molecule is CN(C1CCS(=O)(=O)C1)S(=O)(=O)CCNC1CC1. The van der Waals surface area contributed by atoms with Crippen molar-refractivity contribution in [1.82, 2.24) is 9.62 Å². The molecule has 18 heavy (non-hydrogen) atoms. The lowest BCUT2D eigenvalue weighted by molar-refractivity contribution is 0.393. The van der Waals surface area contributed by atoms with Crippen molar-refractivity contribution in [2.45, 2.75) is 31.3 Å². The van der Waals surface area contributed by atoms with E-state index in [9.17, 15) is 16.8 Å². The van der Waals surface area contributed by atoms with Crippen LogP contribution < -0.4 is 5.32 Å². The molecule has 1 aliphatic heterocycles. The minimum absolute atomic E-state index is 0.0382. The van der Waals surface area contributed by atoms with Crippen LogP contribution in [0.15, 0.2) is 0 Å². The maximum absolute atomic E-state index is 12.0. The van der Waals surface area contributed by atoms with Crippen molar-refractivity contribution in [2.75, 3.05) is 30.9 Å². The van der Waals surface area contributed by atoms with E-state index in [-0.39, 0.29) is 23.3 Å². The molecule has 1 N–H and O–H groups in total. The number of sulfonamides is 1. The van der Waals surface area contributed by atoms with E-state index in [2.05, 4.69) is 5.32 Å². The molecule has 1 saturated heterocycles. The summed E-state index contributed by atoms with van der Waals surface area (Å²) in [7, 11) is -4.92. The van der Waals surface area contributed by atoms with E-state index in [1.165, 1.54) is 11.4 Å². The fourth-order valence-electron chi connectivity index (χ4n) is 2.11. The van der Waals surface area contributed by atoms with Gasteiger partial charge < -0.3 is 5.32 Å². The van der Waals surface area contributed by atoms with Crippen LogP contribution in [0.1, 0.15) is 19.3 Å². The van der Waals surface area contributed by atoms with Gasteiger partial charge in [-0.2, -0.15) is 0 Å². The number of sulfone groups is 1. The van der Waals surface area contributed by atoms with Gasteiger partial charge in [0.25, 0.3) is 0 Å². The van der Waals surface area contributed by atoms with Gasteiger partial charge in [0.2, 0.25) is 10.0 Å². The van der Waals surface area contributed by atoms with Gasteiger partial charge in [-0.15, -0.1) is 0 Å². The summed E-state index contributed by atoms with van der Waals surface area (Å²) in [5.74, 6) is 0.0905. The van der Waals surface area contributed by atoms with Crippen molar-refractivity contribution in [3.05, 3.63) is 0 Å². The van der Waals surface area contributed by atoms with E-state index in [4.69, 9.17) is 0 Å². The number of rotatable bonds is 6. The molecule has 0 aromatic rings. The van der Waals surface area contributed by atoms with Crippen LogP contribution in [0.3, 0.4) is 0 Å². The molecule has 1 atom stereocenters. The Hall–Kier alpha value is -0.180. The normalized spacial score (nSPS) is 27.8. The summed E-state index contributed by atoms with van der Waals surface area (Å²) in [5.41, 5.74) is 0. The van der Waals surface area contributed by atoms with E-state index in [0.717, 1.165) is 12.8 Å². The van der Waals surface area contributed by atoms with Gasteiger partial charge in [-0.3, -0.25) is 0 Å². The molecule has 106 valence electrons. The van der Waals surface area contributed by atoms with Crippen molar-refractivity contribution in [2.24, 2.45) is 0 Å². The molecular formula is C10H20N2O4S2. The third kappa shape index (κ3) is 3.66. The third-order valence-electron chi connectivity index (χ3n) is 3.53. The van der Waals surface area contributed by atoms with E-state index < -0.39 is 19.9 Å². The second kappa shape index (κ2) is 5.07. The first kappa shape index (κ1) is 14.2. The third-order valence-corrected chi connectivity index (χ3v) is 7.18. The Morgan fingerprint density at radius 2 is 1.94 bits per heavy atom. The molecule has 0 spiro atoms. The summed E-state index contributed by atoms with van der Waals surface area (Å²) in [6.07, 6.45) is 2.65. The van der Waals surface area contributed by atoms with E-state index >= 15 is 0 Å². The van der Waals surface area contributed by atoms with Gasteiger partial charge in [-0.1, -0.05) is 0 Å². The lowest BCUT2D eigenvalue weighted by Crippen LogP contribution is -2.41. The Morgan fingerprint density at radius 1 is 1.28 bits per heavy atom. The molecule has 8 heteroatoms. The maximum Gasteiger partial charge on any atom is 0.215 e. The van der Waals surface area contributed by atoms with E-state index in [0.29, 0.717) is 19.0 Å². The summed E-state index contributed by atoms with van der Waals surface area (Å²) in [5, 5.41) is 3.15. The summed E-state index contributed by atoms with van der Waals surface area (Å²) >= 11 is 0. The fraction of sp³-hybridized carbons (Fsp3) is 1.00. The predicted molar refractivity (Wildman–Crippen MR) is 69.6 cm³/mol. The summed E-state index contributed by atoms with van der Waals surface area (Å²) < 4.78 is 48.0. The molecule has 0 amide bonds. The number of nitrogens with zero attached hydrogens (tertiary/aromatic N) is 1. The molecule has 2 aliphatic rings. The van der Waals surface area contributed by atoms with Gasteiger partial charge in [0, 0.05) is 25.7 Å². The Kier molecular flexibility index (Phi) is 4.01. The van der Waals surface area contributed by atoms with E-state index in [1.807, 2.05) is 0 Å². The van der Waals surface area contributed by atoms with Crippen molar-refractivity contribution < 1.29 is 16.8 Å². The first-order chi connectivity index (χ1) is 8.30. The lowest BCUT2D eigenvalue weighted by Gasteiger charge is -2.22. The van der Waals surface area contributed by atoms with Crippen LogP contribution in [0.5, 0.6) is 0 Å². The Balaban J connectivity index is 1.87. The predicted octanol–water partition coefficient (Wildman–Crippen LogP) is -0.813. The van der Waals surface area contributed by atoms with Crippen LogP contribution in [-0.2, 0) is 19.9 Å². The first-order valence-corrected chi connectivity index (χ1v) is 9.63. The zero-order valence-electron chi connectivity index (χ0n) is 10.5. The molecule has 0 radical (unpaired) electrons. The van der Waals surface area contributed by atoms with Crippen LogP contribution >= 0.6 is 0 Å². The van der Waals surface area contributed by atoms with Crippen LogP contribution in [0.2, 0.25) is 0 Å². The highest BCUT2D eigenvalue weighted by Gasteiger charge is 2.35. The quantitative estimate of drug-likeness (QED) is 0.693. The zero-order chi connectivity index (χ0) is 13.4. The minimum Gasteiger partial charge on any atom is -0.313 e. The Morgan fingerprint density at radius 3 is 2.44 bits per heavy atom. The van der Waals surface area contributed by atoms with Gasteiger partial charge in [0.1, 0.15) is 0 Å². The zero-order valence-corrected chi connectivity index (χ0v) is 12.1.